The predicted octanol–water partition coefficient (Wildman–Crippen LogP) is 2.42. The maximum absolute atomic E-state index is 9.07. The normalized spacial score (nSPS) is 26.3. The van der Waals surface area contributed by atoms with Gasteiger partial charge in [-0.3, -0.25) is 4.98 Å². The monoisotopic (exact) mass is 239 g/mol. The third-order valence-corrected chi connectivity index (χ3v) is 4.08. The van der Waals surface area contributed by atoms with Crippen molar-refractivity contribution in [3.05, 3.63) is 35.2 Å². The lowest BCUT2D eigenvalue weighted by atomic mass is 9.92. The largest absolute Gasteiger partial charge is 0.310 e. The Morgan fingerprint density at radius 1 is 1.50 bits per heavy atom. The third-order valence-electron chi connectivity index (χ3n) is 4.08. The Bertz CT molecular complexity index is 539. The van der Waals surface area contributed by atoms with Crippen LogP contribution in [0.2, 0.25) is 0 Å². The maximum Gasteiger partial charge on any atom is 0.101 e. The fourth-order valence-electron chi connectivity index (χ4n) is 3.01. The Labute approximate surface area is 108 Å². The van der Waals surface area contributed by atoms with Crippen LogP contribution in [0.4, 0.5) is 0 Å². The Balaban J connectivity index is 1.90. The van der Waals surface area contributed by atoms with E-state index >= 15 is 0 Å². The van der Waals surface area contributed by atoms with E-state index < -0.39 is 0 Å². The van der Waals surface area contributed by atoms with Gasteiger partial charge in [0.2, 0.25) is 0 Å². The number of allylic oxidation sites excluding steroid dienone is 1. The van der Waals surface area contributed by atoms with Gasteiger partial charge in [0, 0.05) is 12.2 Å². The summed E-state index contributed by atoms with van der Waals surface area (Å²) >= 11 is 0. The van der Waals surface area contributed by atoms with Crippen molar-refractivity contribution in [1.29, 1.82) is 5.26 Å². The molecule has 1 aromatic heterocycles. The van der Waals surface area contributed by atoms with Gasteiger partial charge in [0.15, 0.2) is 0 Å². The molecule has 1 fully saturated rings. The van der Waals surface area contributed by atoms with Crippen LogP contribution in [-0.2, 0) is 0 Å². The second kappa shape index (κ2) is 4.55. The van der Waals surface area contributed by atoms with Gasteiger partial charge in [-0.1, -0.05) is 6.08 Å². The topological polar surface area (TPSA) is 48.7 Å². The standard InChI is InChI=1S/C15H17N3/c1-10-13(8-16)6-14(9-18-10)12-5-11-3-2-4-17-15(11)7-12/h6-7,9,11,15,17H,2-5H2,1H3/t11-,15+/m0/s1. The molecular formula is C15H17N3. The minimum absolute atomic E-state index is 0.528. The average Bonchev–Trinajstić information content (AvgIpc) is 2.83. The summed E-state index contributed by atoms with van der Waals surface area (Å²) in [6.07, 6.45) is 7.93. The highest BCUT2D eigenvalue weighted by molar-refractivity contribution is 5.69. The molecule has 0 amide bonds. The second-order valence-electron chi connectivity index (χ2n) is 5.25. The zero-order valence-corrected chi connectivity index (χ0v) is 10.6. The first kappa shape index (κ1) is 11.4. The summed E-state index contributed by atoms with van der Waals surface area (Å²) in [6, 6.07) is 4.72. The van der Waals surface area contributed by atoms with Gasteiger partial charge in [-0.05, 0) is 55.9 Å². The fraction of sp³-hybridized carbons (Fsp3) is 0.467. The molecule has 1 saturated heterocycles. The molecule has 3 heteroatoms. The van der Waals surface area contributed by atoms with E-state index in [1.54, 1.807) is 0 Å². The van der Waals surface area contributed by atoms with Gasteiger partial charge < -0.3 is 5.32 Å². The molecule has 2 aliphatic rings. The number of aromatic nitrogens is 1. The van der Waals surface area contributed by atoms with Crippen LogP contribution in [0.1, 0.15) is 36.1 Å². The van der Waals surface area contributed by atoms with Crippen molar-refractivity contribution in [1.82, 2.24) is 10.3 Å². The van der Waals surface area contributed by atoms with E-state index in [9.17, 15) is 0 Å². The molecule has 18 heavy (non-hydrogen) atoms. The third kappa shape index (κ3) is 1.93. The van der Waals surface area contributed by atoms with Gasteiger partial charge in [-0.25, -0.2) is 0 Å². The number of nitrogens with one attached hydrogen (secondary N) is 1. The number of nitriles is 1. The van der Waals surface area contributed by atoms with Crippen molar-refractivity contribution >= 4 is 5.57 Å². The molecule has 1 aliphatic heterocycles. The molecule has 0 unspecified atom stereocenters. The smallest absolute Gasteiger partial charge is 0.101 e. The zero-order valence-electron chi connectivity index (χ0n) is 10.6. The molecule has 3 nitrogen and oxygen atoms in total. The van der Waals surface area contributed by atoms with Gasteiger partial charge >= 0.3 is 0 Å². The lowest BCUT2D eigenvalue weighted by Crippen LogP contribution is -2.37. The van der Waals surface area contributed by atoms with Crippen LogP contribution in [0, 0.1) is 24.2 Å². The van der Waals surface area contributed by atoms with Gasteiger partial charge in [0.1, 0.15) is 6.07 Å². The van der Waals surface area contributed by atoms with Gasteiger partial charge in [0.05, 0.1) is 11.3 Å². The number of hydrogen-bond acceptors (Lipinski definition) is 3. The minimum atomic E-state index is 0.528. The number of fused-ring (bicyclic) bond motifs is 1. The van der Waals surface area contributed by atoms with Crippen LogP contribution in [-0.4, -0.2) is 17.6 Å². The highest BCUT2D eigenvalue weighted by atomic mass is 14.9. The van der Waals surface area contributed by atoms with Crippen molar-refractivity contribution in [2.75, 3.05) is 6.54 Å². The van der Waals surface area contributed by atoms with Crippen LogP contribution < -0.4 is 5.32 Å². The van der Waals surface area contributed by atoms with E-state index in [-0.39, 0.29) is 0 Å². The number of aryl methyl sites for hydroxylation is 1. The van der Waals surface area contributed by atoms with Crippen LogP contribution in [0.25, 0.3) is 5.57 Å². The lowest BCUT2D eigenvalue weighted by Gasteiger charge is -2.25. The molecule has 1 aliphatic carbocycles. The lowest BCUT2D eigenvalue weighted by molar-refractivity contribution is 0.341. The molecule has 0 bridgehead atoms. The summed E-state index contributed by atoms with van der Waals surface area (Å²) in [4.78, 5) is 4.33. The summed E-state index contributed by atoms with van der Waals surface area (Å²) in [5, 5.41) is 12.6. The SMILES string of the molecule is Cc1ncc(C2=C[C@H]3NCCC[C@H]3C2)cc1C#N. The molecule has 2 heterocycles. The minimum Gasteiger partial charge on any atom is -0.310 e. The van der Waals surface area contributed by atoms with E-state index in [2.05, 4.69) is 22.4 Å². The Morgan fingerprint density at radius 2 is 2.39 bits per heavy atom. The van der Waals surface area contributed by atoms with Crippen LogP contribution in [0.15, 0.2) is 18.3 Å². The second-order valence-corrected chi connectivity index (χ2v) is 5.25. The summed E-state index contributed by atoms with van der Waals surface area (Å²) in [5.41, 5.74) is 3.98. The van der Waals surface area contributed by atoms with E-state index in [0.29, 0.717) is 11.6 Å². The maximum atomic E-state index is 9.07. The molecule has 0 aromatic carbocycles. The molecule has 2 atom stereocenters. The Hall–Kier alpha value is -1.66. The van der Waals surface area contributed by atoms with E-state index in [0.717, 1.165) is 30.1 Å². The van der Waals surface area contributed by atoms with Crippen molar-refractivity contribution in [2.24, 2.45) is 5.92 Å². The molecule has 0 spiro atoms. The van der Waals surface area contributed by atoms with Crippen molar-refractivity contribution in [3.8, 4) is 6.07 Å². The summed E-state index contributed by atoms with van der Waals surface area (Å²) in [6.45, 7) is 3.01. The molecule has 1 aromatic rings. The Kier molecular flexibility index (Phi) is 2.89. The van der Waals surface area contributed by atoms with Gasteiger partial charge in [-0.2, -0.15) is 5.26 Å². The fourth-order valence-corrected chi connectivity index (χ4v) is 3.01. The predicted molar refractivity (Wildman–Crippen MR) is 70.8 cm³/mol. The number of rotatable bonds is 1. The van der Waals surface area contributed by atoms with Crippen LogP contribution in [0.5, 0.6) is 0 Å². The first-order valence-corrected chi connectivity index (χ1v) is 6.59. The first-order chi connectivity index (χ1) is 8.78. The number of pyridine rings is 1. The van der Waals surface area contributed by atoms with E-state index in [1.165, 1.54) is 18.4 Å². The molecule has 92 valence electrons. The summed E-state index contributed by atoms with van der Waals surface area (Å²) in [7, 11) is 0. The Morgan fingerprint density at radius 3 is 3.17 bits per heavy atom. The number of piperidine rings is 1. The number of hydrogen-bond donors (Lipinski definition) is 1. The van der Waals surface area contributed by atoms with Crippen molar-refractivity contribution in [2.45, 2.75) is 32.2 Å². The molecule has 3 rings (SSSR count). The quantitative estimate of drug-likeness (QED) is 0.818. The van der Waals surface area contributed by atoms with Crippen molar-refractivity contribution < 1.29 is 0 Å². The summed E-state index contributed by atoms with van der Waals surface area (Å²) in [5.74, 6) is 0.737. The number of nitrogens with zero attached hydrogens (tertiary/aromatic N) is 2. The zero-order chi connectivity index (χ0) is 12.5. The van der Waals surface area contributed by atoms with Crippen LogP contribution >= 0.6 is 0 Å². The molecule has 0 radical (unpaired) electrons. The molecular weight excluding hydrogens is 222 g/mol. The van der Waals surface area contributed by atoms with E-state index in [1.807, 2.05) is 19.2 Å². The molecule has 1 N–H and O–H groups in total. The molecule has 0 saturated carbocycles. The highest BCUT2D eigenvalue weighted by Crippen LogP contribution is 2.36. The van der Waals surface area contributed by atoms with Crippen LogP contribution in [0.3, 0.4) is 0 Å². The van der Waals surface area contributed by atoms with Crippen molar-refractivity contribution in [3.63, 3.8) is 0 Å². The summed E-state index contributed by atoms with van der Waals surface area (Å²) < 4.78 is 0. The first-order valence-electron chi connectivity index (χ1n) is 6.59. The average molecular weight is 239 g/mol. The van der Waals surface area contributed by atoms with Gasteiger partial charge in [0.25, 0.3) is 0 Å². The highest BCUT2D eigenvalue weighted by Gasteiger charge is 2.30. The van der Waals surface area contributed by atoms with E-state index in [4.69, 9.17) is 5.26 Å². The van der Waals surface area contributed by atoms with Gasteiger partial charge in [-0.15, -0.1) is 0 Å².